The van der Waals surface area contributed by atoms with Gasteiger partial charge in [0, 0.05) is 24.8 Å². The molecule has 1 fully saturated rings. The predicted octanol–water partition coefficient (Wildman–Crippen LogP) is 2.33. The third-order valence-electron chi connectivity index (χ3n) is 5.56. The molecule has 0 aliphatic carbocycles. The molecule has 0 radical (unpaired) electrons. The van der Waals surface area contributed by atoms with E-state index in [2.05, 4.69) is 5.32 Å². The Bertz CT molecular complexity index is 919. The monoisotopic (exact) mass is 398 g/mol. The third kappa shape index (κ3) is 3.71. The van der Waals surface area contributed by atoms with Gasteiger partial charge in [-0.1, -0.05) is 30.3 Å². The minimum atomic E-state index is -1.32. The Morgan fingerprint density at radius 1 is 1.14 bits per heavy atom. The van der Waals surface area contributed by atoms with E-state index in [1.807, 2.05) is 30.3 Å². The third-order valence-corrected chi connectivity index (χ3v) is 5.56. The molecule has 0 spiro atoms. The fourth-order valence-corrected chi connectivity index (χ4v) is 3.83. The summed E-state index contributed by atoms with van der Waals surface area (Å²) in [5.74, 6) is 0.113. The lowest BCUT2D eigenvalue weighted by Gasteiger charge is -2.42. The summed E-state index contributed by atoms with van der Waals surface area (Å²) in [6.45, 7) is 0.311. The number of anilines is 1. The van der Waals surface area contributed by atoms with E-state index in [-0.39, 0.29) is 32.7 Å². The van der Waals surface area contributed by atoms with Crippen LogP contribution in [0.4, 0.5) is 10.5 Å². The molecule has 2 atom stereocenters. The maximum absolute atomic E-state index is 12.6. The number of fused-ring (bicyclic) bond motifs is 1. The number of rotatable bonds is 4. The van der Waals surface area contributed by atoms with Gasteiger partial charge in [0.1, 0.15) is 5.41 Å². The van der Waals surface area contributed by atoms with Crippen molar-refractivity contribution in [2.75, 3.05) is 25.2 Å². The van der Waals surface area contributed by atoms with Crippen LogP contribution in [0, 0.1) is 5.41 Å². The van der Waals surface area contributed by atoms with Gasteiger partial charge in [0.05, 0.1) is 6.10 Å². The summed E-state index contributed by atoms with van der Waals surface area (Å²) in [7, 11) is 0. The van der Waals surface area contributed by atoms with Crippen LogP contribution in [0.3, 0.4) is 0 Å². The number of amides is 2. The summed E-state index contributed by atoms with van der Waals surface area (Å²) in [6, 6.07) is 13.9. The molecule has 0 aromatic heterocycles. The molecule has 2 aromatic carbocycles. The van der Waals surface area contributed by atoms with E-state index >= 15 is 0 Å². The first-order chi connectivity index (χ1) is 14.0. The van der Waals surface area contributed by atoms with Crippen LogP contribution < -0.4 is 14.8 Å². The first-order valence-corrected chi connectivity index (χ1v) is 9.39. The van der Waals surface area contributed by atoms with Crippen LogP contribution in [0.5, 0.6) is 11.5 Å². The summed E-state index contributed by atoms with van der Waals surface area (Å²) < 4.78 is 10.5. The van der Waals surface area contributed by atoms with E-state index < -0.39 is 23.5 Å². The van der Waals surface area contributed by atoms with Gasteiger partial charge in [0.25, 0.3) is 0 Å². The van der Waals surface area contributed by atoms with Crippen molar-refractivity contribution in [2.45, 2.75) is 18.9 Å². The Balaban J connectivity index is 1.44. The first kappa shape index (κ1) is 19.1. The zero-order valence-corrected chi connectivity index (χ0v) is 15.7. The quantitative estimate of drug-likeness (QED) is 0.730. The number of carboxylic acid groups (broad SMARTS) is 1. The van der Waals surface area contributed by atoms with Crippen LogP contribution in [-0.2, 0) is 11.2 Å². The van der Waals surface area contributed by atoms with Crippen molar-refractivity contribution in [1.29, 1.82) is 0 Å². The highest BCUT2D eigenvalue weighted by atomic mass is 16.7. The maximum atomic E-state index is 12.6. The van der Waals surface area contributed by atoms with Crippen molar-refractivity contribution in [2.24, 2.45) is 5.41 Å². The number of piperidine rings is 1. The maximum Gasteiger partial charge on any atom is 0.321 e. The van der Waals surface area contributed by atoms with E-state index in [4.69, 9.17) is 9.47 Å². The molecule has 152 valence electrons. The molecule has 2 heterocycles. The zero-order valence-electron chi connectivity index (χ0n) is 15.7. The number of aliphatic carboxylic acids is 1. The summed E-state index contributed by atoms with van der Waals surface area (Å²) in [5, 5.41) is 23.4. The van der Waals surface area contributed by atoms with Gasteiger partial charge in [-0.2, -0.15) is 0 Å². The molecule has 2 amide bonds. The molecule has 0 bridgehead atoms. The molecular weight excluding hydrogens is 376 g/mol. The van der Waals surface area contributed by atoms with Crippen molar-refractivity contribution >= 4 is 17.7 Å². The van der Waals surface area contributed by atoms with Gasteiger partial charge in [-0.05, 0) is 30.5 Å². The molecule has 29 heavy (non-hydrogen) atoms. The molecule has 2 aromatic rings. The van der Waals surface area contributed by atoms with Crippen molar-refractivity contribution in [3.8, 4) is 11.5 Å². The Morgan fingerprint density at radius 2 is 1.90 bits per heavy atom. The van der Waals surface area contributed by atoms with Gasteiger partial charge >= 0.3 is 12.0 Å². The van der Waals surface area contributed by atoms with Gasteiger partial charge in [0.2, 0.25) is 6.79 Å². The van der Waals surface area contributed by atoms with E-state index in [0.717, 1.165) is 5.56 Å². The standard InChI is InChI=1S/C21H22N2O6/c24-18-12-23(20(27)22-15-6-7-16-17(10-15)29-13-28-16)9-8-21(18,19(25)26)11-14-4-2-1-3-5-14/h1-7,10,18,24H,8-9,11-13H2,(H,22,27)(H,25,26)/t18-,21-/m1/s1. The molecule has 1 saturated heterocycles. The average molecular weight is 398 g/mol. The van der Waals surface area contributed by atoms with E-state index in [1.54, 1.807) is 18.2 Å². The summed E-state index contributed by atoms with van der Waals surface area (Å²) in [4.78, 5) is 26.1. The van der Waals surface area contributed by atoms with Gasteiger partial charge < -0.3 is 29.9 Å². The SMILES string of the molecule is O=C(Nc1ccc2c(c1)OCO2)N1CC[C@](Cc2ccccc2)(C(=O)O)[C@H](O)C1. The number of benzene rings is 2. The number of ether oxygens (including phenoxy) is 2. The zero-order chi connectivity index (χ0) is 20.4. The van der Waals surface area contributed by atoms with Crippen molar-refractivity contribution in [1.82, 2.24) is 4.90 Å². The minimum absolute atomic E-state index is 0.0600. The molecule has 8 heteroatoms. The Labute approximate surface area is 167 Å². The van der Waals surface area contributed by atoms with Gasteiger partial charge in [0.15, 0.2) is 11.5 Å². The van der Waals surface area contributed by atoms with Crippen LogP contribution in [0.15, 0.2) is 48.5 Å². The number of aliphatic hydroxyl groups excluding tert-OH is 1. The first-order valence-electron chi connectivity index (χ1n) is 9.39. The number of β-amino-alcohol motifs (C(OH)–C–C–N with tert-alkyl or cyclic N) is 1. The fraction of sp³-hybridized carbons (Fsp3) is 0.333. The summed E-state index contributed by atoms with van der Waals surface area (Å²) >= 11 is 0. The number of hydrogen-bond acceptors (Lipinski definition) is 5. The molecular formula is C21H22N2O6. The highest BCUT2D eigenvalue weighted by Crippen LogP contribution is 2.37. The molecule has 0 saturated carbocycles. The molecule has 2 aliphatic heterocycles. The average Bonchev–Trinajstić information content (AvgIpc) is 3.18. The van der Waals surface area contributed by atoms with Gasteiger partial charge in [-0.15, -0.1) is 0 Å². The lowest BCUT2D eigenvalue weighted by Crippen LogP contribution is -2.57. The number of carbonyl (C=O) groups is 2. The van der Waals surface area contributed by atoms with Crippen molar-refractivity contribution in [3.05, 3.63) is 54.1 Å². The second-order valence-electron chi connectivity index (χ2n) is 7.33. The number of carboxylic acids is 1. The van der Waals surface area contributed by atoms with E-state index in [9.17, 15) is 19.8 Å². The van der Waals surface area contributed by atoms with Crippen LogP contribution >= 0.6 is 0 Å². The number of nitrogens with zero attached hydrogens (tertiary/aromatic N) is 1. The Kier molecular flexibility index (Phi) is 5.02. The second-order valence-corrected chi connectivity index (χ2v) is 7.33. The van der Waals surface area contributed by atoms with Crippen molar-refractivity contribution in [3.63, 3.8) is 0 Å². The largest absolute Gasteiger partial charge is 0.481 e. The van der Waals surface area contributed by atoms with Crippen molar-refractivity contribution < 1.29 is 29.3 Å². The van der Waals surface area contributed by atoms with Crippen LogP contribution in [0.2, 0.25) is 0 Å². The van der Waals surface area contributed by atoms with Crippen LogP contribution in [0.1, 0.15) is 12.0 Å². The topological polar surface area (TPSA) is 108 Å². The minimum Gasteiger partial charge on any atom is -0.481 e. The summed E-state index contributed by atoms with van der Waals surface area (Å²) in [6.07, 6.45) is -0.814. The number of aliphatic hydroxyl groups is 1. The molecule has 0 unspecified atom stereocenters. The summed E-state index contributed by atoms with van der Waals surface area (Å²) in [5.41, 5.74) is 0.0527. The highest BCUT2D eigenvalue weighted by Gasteiger charge is 2.49. The second kappa shape index (κ2) is 7.63. The molecule has 4 rings (SSSR count). The van der Waals surface area contributed by atoms with Crippen LogP contribution in [0.25, 0.3) is 0 Å². The number of carbonyl (C=O) groups excluding carboxylic acids is 1. The lowest BCUT2D eigenvalue weighted by molar-refractivity contribution is -0.161. The number of hydrogen-bond donors (Lipinski definition) is 3. The number of urea groups is 1. The number of nitrogens with one attached hydrogen (secondary N) is 1. The fourth-order valence-electron chi connectivity index (χ4n) is 3.83. The number of likely N-dealkylation sites (tertiary alicyclic amines) is 1. The normalized spacial score (nSPS) is 22.9. The molecule has 2 aliphatic rings. The Morgan fingerprint density at radius 3 is 2.62 bits per heavy atom. The molecule has 3 N–H and O–H groups in total. The smallest absolute Gasteiger partial charge is 0.321 e. The molecule has 8 nitrogen and oxygen atoms in total. The lowest BCUT2D eigenvalue weighted by atomic mass is 9.72. The van der Waals surface area contributed by atoms with E-state index in [1.165, 1.54) is 4.90 Å². The van der Waals surface area contributed by atoms with Gasteiger partial charge in [-0.25, -0.2) is 4.79 Å². The Hall–Kier alpha value is -3.26. The van der Waals surface area contributed by atoms with Crippen LogP contribution in [-0.4, -0.2) is 53.1 Å². The predicted molar refractivity (Wildman–Crippen MR) is 104 cm³/mol. The highest BCUT2D eigenvalue weighted by molar-refractivity contribution is 5.90. The van der Waals surface area contributed by atoms with Gasteiger partial charge in [-0.3, -0.25) is 4.79 Å². The van der Waals surface area contributed by atoms with E-state index in [0.29, 0.717) is 17.2 Å².